The summed E-state index contributed by atoms with van der Waals surface area (Å²) in [4.78, 5) is 9.09. The Morgan fingerprint density at radius 2 is 1.95 bits per heavy atom. The highest BCUT2D eigenvalue weighted by Crippen LogP contribution is 2.23. The van der Waals surface area contributed by atoms with E-state index in [2.05, 4.69) is 28.5 Å². The number of nitrogens with one attached hydrogen (secondary N) is 1. The van der Waals surface area contributed by atoms with Crippen molar-refractivity contribution in [2.24, 2.45) is 0 Å². The molecule has 2 aromatic heterocycles. The number of rotatable bonds is 4. The second-order valence-electron chi connectivity index (χ2n) is 4.91. The van der Waals surface area contributed by atoms with Gasteiger partial charge in [-0.3, -0.25) is 9.97 Å². The summed E-state index contributed by atoms with van der Waals surface area (Å²) in [6, 6.07) is 16.0. The summed E-state index contributed by atoms with van der Waals surface area (Å²) >= 11 is 6.24. The molecule has 0 saturated heterocycles. The average molecular weight is 298 g/mol. The van der Waals surface area contributed by atoms with Crippen molar-refractivity contribution < 1.29 is 0 Å². The normalized spacial score (nSPS) is 12.5. The van der Waals surface area contributed by atoms with Crippen LogP contribution >= 0.6 is 11.6 Å². The molecule has 0 aliphatic carbocycles. The lowest BCUT2D eigenvalue weighted by Gasteiger charge is -2.16. The van der Waals surface area contributed by atoms with Gasteiger partial charge in [-0.15, -0.1) is 0 Å². The molecule has 3 rings (SSSR count). The quantitative estimate of drug-likeness (QED) is 0.796. The molecule has 3 nitrogen and oxygen atoms in total. The van der Waals surface area contributed by atoms with Crippen LogP contribution in [0.2, 0.25) is 5.02 Å². The maximum absolute atomic E-state index is 6.24. The summed E-state index contributed by atoms with van der Waals surface area (Å²) in [5.41, 5.74) is 2.89. The van der Waals surface area contributed by atoms with E-state index < -0.39 is 0 Å². The van der Waals surface area contributed by atoms with Crippen molar-refractivity contribution in [1.29, 1.82) is 0 Å². The Morgan fingerprint density at radius 1 is 1.10 bits per heavy atom. The highest BCUT2D eigenvalue weighted by Gasteiger charge is 2.15. The van der Waals surface area contributed by atoms with E-state index in [1.165, 1.54) is 0 Å². The van der Waals surface area contributed by atoms with Crippen LogP contribution in [0.15, 0.2) is 54.7 Å². The number of pyridine rings is 2. The number of para-hydroxylation sites is 1. The molecule has 1 aromatic carbocycles. The van der Waals surface area contributed by atoms with E-state index in [0.29, 0.717) is 5.02 Å². The van der Waals surface area contributed by atoms with Crippen molar-refractivity contribution in [3.63, 3.8) is 0 Å². The fourth-order valence-electron chi connectivity index (χ4n) is 2.42. The predicted octanol–water partition coefficient (Wildman–Crippen LogP) is 3.79. The monoisotopic (exact) mass is 297 g/mol. The number of aromatic nitrogens is 2. The largest absolute Gasteiger partial charge is 0.311 e. The minimum atomic E-state index is 0.0485. The molecule has 106 valence electrons. The Kier molecular flexibility index (Phi) is 4.13. The minimum Gasteiger partial charge on any atom is -0.311 e. The molecule has 0 spiro atoms. The summed E-state index contributed by atoms with van der Waals surface area (Å²) in [7, 11) is 1.91. The van der Waals surface area contributed by atoms with Crippen molar-refractivity contribution in [3.8, 4) is 0 Å². The van der Waals surface area contributed by atoms with Crippen LogP contribution < -0.4 is 5.32 Å². The van der Waals surface area contributed by atoms with E-state index >= 15 is 0 Å². The van der Waals surface area contributed by atoms with E-state index in [1.54, 1.807) is 6.20 Å². The van der Waals surface area contributed by atoms with Crippen molar-refractivity contribution in [1.82, 2.24) is 15.3 Å². The zero-order valence-corrected chi connectivity index (χ0v) is 12.5. The van der Waals surface area contributed by atoms with Gasteiger partial charge in [0.15, 0.2) is 0 Å². The third-order valence-corrected chi connectivity index (χ3v) is 3.85. The van der Waals surface area contributed by atoms with Crippen LogP contribution in [0.25, 0.3) is 10.9 Å². The first-order chi connectivity index (χ1) is 10.3. The van der Waals surface area contributed by atoms with Gasteiger partial charge in [-0.05, 0) is 31.3 Å². The number of halogens is 1. The molecule has 3 aromatic rings. The molecule has 1 unspecified atom stereocenters. The van der Waals surface area contributed by atoms with Gasteiger partial charge in [0, 0.05) is 23.7 Å². The van der Waals surface area contributed by atoms with Gasteiger partial charge in [0.25, 0.3) is 0 Å². The first-order valence-electron chi connectivity index (χ1n) is 6.90. The van der Waals surface area contributed by atoms with E-state index in [-0.39, 0.29) is 6.04 Å². The van der Waals surface area contributed by atoms with Crippen molar-refractivity contribution in [2.45, 2.75) is 12.5 Å². The van der Waals surface area contributed by atoms with Crippen molar-refractivity contribution >= 4 is 22.5 Å². The first-order valence-corrected chi connectivity index (χ1v) is 7.28. The van der Waals surface area contributed by atoms with E-state index in [1.807, 2.05) is 37.4 Å². The maximum atomic E-state index is 6.24. The molecule has 0 amide bonds. The van der Waals surface area contributed by atoms with E-state index in [9.17, 15) is 0 Å². The number of benzene rings is 1. The summed E-state index contributed by atoms with van der Waals surface area (Å²) in [5, 5.41) is 5.10. The van der Waals surface area contributed by atoms with Gasteiger partial charge in [-0.1, -0.05) is 35.9 Å². The fraction of sp³-hybridized carbons (Fsp3) is 0.176. The second kappa shape index (κ2) is 6.20. The van der Waals surface area contributed by atoms with Crippen molar-refractivity contribution in [3.05, 3.63) is 71.1 Å². The molecule has 4 heteroatoms. The van der Waals surface area contributed by atoms with Gasteiger partial charge in [0.1, 0.15) is 0 Å². The molecule has 0 radical (unpaired) electrons. The number of fused-ring (bicyclic) bond motifs is 1. The number of hydrogen-bond donors (Lipinski definition) is 1. The van der Waals surface area contributed by atoms with Crippen LogP contribution in [0, 0.1) is 0 Å². The lowest BCUT2D eigenvalue weighted by Crippen LogP contribution is -2.20. The van der Waals surface area contributed by atoms with Gasteiger partial charge < -0.3 is 5.32 Å². The lowest BCUT2D eigenvalue weighted by atomic mass is 10.1. The van der Waals surface area contributed by atoms with Gasteiger partial charge in [-0.2, -0.15) is 0 Å². The summed E-state index contributed by atoms with van der Waals surface area (Å²) in [6.45, 7) is 0. The zero-order valence-electron chi connectivity index (χ0n) is 11.8. The van der Waals surface area contributed by atoms with Crippen LogP contribution in [-0.2, 0) is 6.42 Å². The highest BCUT2D eigenvalue weighted by molar-refractivity contribution is 6.31. The summed E-state index contributed by atoms with van der Waals surface area (Å²) in [6.07, 6.45) is 2.51. The zero-order chi connectivity index (χ0) is 14.7. The topological polar surface area (TPSA) is 37.8 Å². The molecule has 2 heterocycles. The van der Waals surface area contributed by atoms with E-state index in [4.69, 9.17) is 16.6 Å². The van der Waals surface area contributed by atoms with Gasteiger partial charge in [-0.25, -0.2) is 0 Å². The molecule has 0 fully saturated rings. The fourth-order valence-corrected chi connectivity index (χ4v) is 2.67. The Hall–Kier alpha value is -1.97. The minimum absolute atomic E-state index is 0.0485. The second-order valence-corrected chi connectivity index (χ2v) is 5.32. The third-order valence-electron chi connectivity index (χ3n) is 3.53. The Morgan fingerprint density at radius 3 is 2.76 bits per heavy atom. The molecular weight excluding hydrogens is 282 g/mol. The smallest absolute Gasteiger partial charge is 0.0762 e. The van der Waals surface area contributed by atoms with Crippen LogP contribution in [0.3, 0.4) is 0 Å². The summed E-state index contributed by atoms with van der Waals surface area (Å²) in [5.74, 6) is 0. The Labute approximate surface area is 129 Å². The van der Waals surface area contributed by atoms with Crippen molar-refractivity contribution in [2.75, 3.05) is 7.05 Å². The lowest BCUT2D eigenvalue weighted by molar-refractivity contribution is 0.570. The van der Waals surface area contributed by atoms with Gasteiger partial charge in [0.2, 0.25) is 0 Å². The molecule has 0 saturated carbocycles. The third kappa shape index (κ3) is 3.04. The van der Waals surface area contributed by atoms with Gasteiger partial charge in [0.05, 0.1) is 22.3 Å². The van der Waals surface area contributed by atoms with Gasteiger partial charge >= 0.3 is 0 Å². The standard InChI is InChI=1S/C17H16ClN3/c1-19-16(17-14(18)6-4-10-20-17)11-13-9-8-12-5-2-3-7-15(12)21-13/h2-10,16,19H,11H2,1H3. The molecule has 0 aliphatic heterocycles. The van der Waals surface area contributed by atoms with Crippen LogP contribution in [-0.4, -0.2) is 17.0 Å². The van der Waals surface area contributed by atoms with Crippen LogP contribution in [0.4, 0.5) is 0 Å². The molecule has 1 atom stereocenters. The molecule has 21 heavy (non-hydrogen) atoms. The predicted molar refractivity (Wildman–Crippen MR) is 86.5 cm³/mol. The molecule has 0 bridgehead atoms. The molecule has 1 N–H and O–H groups in total. The number of hydrogen-bond acceptors (Lipinski definition) is 3. The number of nitrogens with zero attached hydrogens (tertiary/aromatic N) is 2. The maximum Gasteiger partial charge on any atom is 0.0762 e. The molecule has 0 aliphatic rings. The number of likely N-dealkylation sites (N-methyl/N-ethyl adjacent to an activating group) is 1. The Bertz CT molecular complexity index is 758. The summed E-state index contributed by atoms with van der Waals surface area (Å²) < 4.78 is 0. The molecular formula is C17H16ClN3. The highest BCUT2D eigenvalue weighted by atomic mass is 35.5. The first kappa shape index (κ1) is 14.0. The SMILES string of the molecule is CNC(Cc1ccc2ccccc2n1)c1ncccc1Cl. The van der Waals surface area contributed by atoms with E-state index in [0.717, 1.165) is 28.7 Å². The van der Waals surface area contributed by atoms with Crippen LogP contribution in [0.5, 0.6) is 0 Å². The van der Waals surface area contributed by atoms with Crippen LogP contribution in [0.1, 0.15) is 17.4 Å². The Balaban J connectivity index is 1.90. The average Bonchev–Trinajstić information content (AvgIpc) is 2.53.